The lowest BCUT2D eigenvalue weighted by molar-refractivity contribution is -0.197. The number of phenolic OH excluding ortho intramolecular Hbond substituents is 2. The van der Waals surface area contributed by atoms with E-state index in [-0.39, 0.29) is 34.0 Å². The average Bonchev–Trinajstić information content (AvgIpc) is 2.74. The largest absolute Gasteiger partial charge is 0.507 e. The van der Waals surface area contributed by atoms with Crippen molar-refractivity contribution in [2.24, 2.45) is 17.3 Å². The first-order valence-corrected chi connectivity index (χ1v) is 10.6. The number of ether oxygens (including phenoxy) is 1. The first-order chi connectivity index (χ1) is 14.3. The molecule has 156 valence electrons. The van der Waals surface area contributed by atoms with E-state index in [2.05, 4.69) is 13.8 Å². The topological polar surface area (TPSA) is 83.8 Å². The molecule has 0 saturated heterocycles. The fraction of sp³-hybridized carbons (Fsp3) is 0.440. The number of aromatic hydroxyl groups is 2. The Kier molecular flexibility index (Phi) is 4.05. The van der Waals surface area contributed by atoms with Crippen LogP contribution in [0.2, 0.25) is 0 Å². The van der Waals surface area contributed by atoms with Crippen LogP contribution in [0.15, 0.2) is 30.3 Å². The average molecular weight is 406 g/mol. The number of benzene rings is 2. The summed E-state index contributed by atoms with van der Waals surface area (Å²) in [6, 6.07) is 9.82. The predicted octanol–water partition coefficient (Wildman–Crippen LogP) is 4.83. The van der Waals surface area contributed by atoms with E-state index in [1.807, 2.05) is 30.3 Å². The first kappa shape index (κ1) is 19.2. The highest BCUT2D eigenvalue weighted by atomic mass is 16.5. The first-order valence-electron chi connectivity index (χ1n) is 10.6. The molecule has 0 unspecified atom stereocenters. The Hall–Kier alpha value is -2.82. The van der Waals surface area contributed by atoms with Crippen molar-refractivity contribution in [3.63, 3.8) is 0 Å². The van der Waals surface area contributed by atoms with E-state index in [0.29, 0.717) is 36.4 Å². The van der Waals surface area contributed by atoms with Gasteiger partial charge in [0.05, 0.1) is 11.1 Å². The Bertz CT molecular complexity index is 1040. The summed E-state index contributed by atoms with van der Waals surface area (Å²) in [6.45, 7) is 4.57. The Labute approximate surface area is 175 Å². The van der Waals surface area contributed by atoms with Gasteiger partial charge in [0.25, 0.3) is 0 Å². The van der Waals surface area contributed by atoms with E-state index in [1.165, 1.54) is 0 Å². The molecule has 1 heterocycles. The molecule has 2 aromatic rings. The van der Waals surface area contributed by atoms with Gasteiger partial charge in [-0.05, 0) is 42.6 Å². The summed E-state index contributed by atoms with van der Waals surface area (Å²) < 4.78 is 6.61. The van der Waals surface area contributed by atoms with Gasteiger partial charge in [0, 0.05) is 17.4 Å². The van der Waals surface area contributed by atoms with E-state index in [9.17, 15) is 19.8 Å². The van der Waals surface area contributed by atoms with Crippen LogP contribution in [0.25, 0.3) is 0 Å². The molecule has 1 aliphatic heterocycles. The normalized spacial score (nSPS) is 30.7. The van der Waals surface area contributed by atoms with Crippen LogP contribution in [0.4, 0.5) is 0 Å². The number of hydrogen-bond donors (Lipinski definition) is 2. The van der Waals surface area contributed by atoms with Gasteiger partial charge in [-0.3, -0.25) is 9.59 Å². The molecule has 2 aromatic carbocycles. The van der Waals surface area contributed by atoms with Crippen LogP contribution < -0.4 is 4.74 Å². The van der Waals surface area contributed by atoms with E-state index in [1.54, 1.807) is 0 Å². The number of carbonyl (C=O) groups is 2. The quantitative estimate of drug-likeness (QED) is 0.713. The molecule has 6 rings (SSSR count). The van der Waals surface area contributed by atoms with Gasteiger partial charge in [0.1, 0.15) is 22.8 Å². The second-order valence-corrected chi connectivity index (χ2v) is 9.68. The van der Waals surface area contributed by atoms with Crippen LogP contribution in [0.5, 0.6) is 17.2 Å². The van der Waals surface area contributed by atoms with E-state index in [0.717, 1.165) is 24.8 Å². The van der Waals surface area contributed by atoms with Gasteiger partial charge >= 0.3 is 0 Å². The third-order valence-corrected chi connectivity index (χ3v) is 8.17. The van der Waals surface area contributed by atoms with E-state index < -0.39 is 11.4 Å². The van der Waals surface area contributed by atoms with Crippen molar-refractivity contribution in [3.8, 4) is 17.2 Å². The van der Waals surface area contributed by atoms with Gasteiger partial charge in [-0.2, -0.15) is 0 Å². The lowest BCUT2D eigenvalue weighted by Gasteiger charge is -2.66. The molecule has 0 radical (unpaired) electrons. The lowest BCUT2D eigenvalue weighted by Crippen LogP contribution is -2.65. The standard InChI is InChI=1S/C25H26O5/c1-24(2)15-8-9-25(19(24)10-15)11-16(14-6-4-3-5-7-14)20-22(29)17(12-26)21(28)18(13-27)23(20)30-25/h3-7,12-13,15-16,19,28-29H,8-11H2,1-2H3/t15-,16-,19+,25+/m0/s1. The minimum absolute atomic E-state index is 0.0517. The summed E-state index contributed by atoms with van der Waals surface area (Å²) in [5.74, 6) is 0.193. The van der Waals surface area contributed by atoms with Crippen molar-refractivity contribution < 1.29 is 24.5 Å². The second-order valence-electron chi connectivity index (χ2n) is 9.68. The number of carbonyl (C=O) groups excluding carboxylic acids is 2. The van der Waals surface area contributed by atoms with Crippen LogP contribution in [0.1, 0.15) is 77.3 Å². The highest BCUT2D eigenvalue weighted by molar-refractivity contribution is 5.95. The van der Waals surface area contributed by atoms with Crippen molar-refractivity contribution in [1.82, 2.24) is 0 Å². The van der Waals surface area contributed by atoms with Gasteiger partial charge in [-0.1, -0.05) is 44.2 Å². The molecular formula is C25H26O5. The molecule has 5 heteroatoms. The van der Waals surface area contributed by atoms with Crippen molar-refractivity contribution in [2.45, 2.75) is 51.0 Å². The molecular weight excluding hydrogens is 380 g/mol. The number of phenols is 2. The number of fused-ring (bicyclic) bond motifs is 2. The van der Waals surface area contributed by atoms with Crippen molar-refractivity contribution in [2.75, 3.05) is 0 Å². The zero-order valence-electron chi connectivity index (χ0n) is 17.2. The van der Waals surface area contributed by atoms with Crippen LogP contribution in [-0.2, 0) is 0 Å². The fourth-order valence-electron chi connectivity index (χ4n) is 6.44. The molecule has 2 bridgehead atoms. The molecule has 4 aliphatic rings. The molecule has 4 atom stereocenters. The summed E-state index contributed by atoms with van der Waals surface area (Å²) in [5, 5.41) is 21.5. The fourth-order valence-corrected chi connectivity index (χ4v) is 6.44. The van der Waals surface area contributed by atoms with E-state index >= 15 is 0 Å². The summed E-state index contributed by atoms with van der Waals surface area (Å²) in [7, 11) is 0. The number of rotatable bonds is 3. The minimum atomic E-state index is -0.512. The van der Waals surface area contributed by atoms with Gasteiger partial charge in [-0.25, -0.2) is 0 Å². The monoisotopic (exact) mass is 406 g/mol. The molecule has 0 amide bonds. The Morgan fingerprint density at radius 3 is 2.33 bits per heavy atom. The summed E-state index contributed by atoms with van der Waals surface area (Å²) in [6.07, 6.45) is 4.61. The lowest BCUT2D eigenvalue weighted by atomic mass is 9.42. The third kappa shape index (κ3) is 2.35. The second kappa shape index (κ2) is 6.34. The maximum atomic E-state index is 12.0. The van der Waals surface area contributed by atoms with Gasteiger partial charge < -0.3 is 14.9 Å². The molecule has 1 spiro atoms. The number of hydrogen-bond acceptors (Lipinski definition) is 5. The van der Waals surface area contributed by atoms with Crippen LogP contribution in [0.3, 0.4) is 0 Å². The van der Waals surface area contributed by atoms with Crippen molar-refractivity contribution in [3.05, 3.63) is 52.6 Å². The smallest absolute Gasteiger partial charge is 0.157 e. The molecule has 3 aliphatic carbocycles. The molecule has 3 fully saturated rings. The maximum absolute atomic E-state index is 12.0. The Balaban J connectivity index is 1.77. The van der Waals surface area contributed by atoms with E-state index in [4.69, 9.17) is 4.74 Å². The van der Waals surface area contributed by atoms with Crippen LogP contribution in [-0.4, -0.2) is 28.4 Å². The Morgan fingerprint density at radius 2 is 1.73 bits per heavy atom. The molecule has 2 N–H and O–H groups in total. The van der Waals surface area contributed by atoms with Gasteiger partial charge in [0.2, 0.25) is 0 Å². The highest BCUT2D eigenvalue weighted by Gasteiger charge is 2.64. The third-order valence-electron chi connectivity index (χ3n) is 8.17. The maximum Gasteiger partial charge on any atom is 0.157 e. The van der Waals surface area contributed by atoms with Crippen LogP contribution >= 0.6 is 0 Å². The summed E-state index contributed by atoms with van der Waals surface area (Å²) in [4.78, 5) is 23.6. The molecule has 30 heavy (non-hydrogen) atoms. The molecule has 5 nitrogen and oxygen atoms in total. The van der Waals surface area contributed by atoms with Crippen molar-refractivity contribution in [1.29, 1.82) is 0 Å². The summed E-state index contributed by atoms with van der Waals surface area (Å²) >= 11 is 0. The van der Waals surface area contributed by atoms with Crippen molar-refractivity contribution >= 4 is 12.6 Å². The van der Waals surface area contributed by atoms with Crippen LogP contribution in [0, 0.1) is 17.3 Å². The minimum Gasteiger partial charge on any atom is -0.507 e. The zero-order chi connectivity index (χ0) is 21.3. The Morgan fingerprint density at radius 1 is 1.03 bits per heavy atom. The van der Waals surface area contributed by atoms with Gasteiger partial charge in [-0.15, -0.1) is 0 Å². The predicted molar refractivity (Wildman–Crippen MR) is 111 cm³/mol. The summed E-state index contributed by atoms with van der Waals surface area (Å²) in [5.41, 5.74) is 0.785. The molecule has 0 aromatic heterocycles. The number of aldehydes is 2. The highest BCUT2D eigenvalue weighted by Crippen LogP contribution is 2.68. The molecule has 3 saturated carbocycles. The SMILES string of the molecule is CC1(C)[C@H]2CC[C@@]3(C[C@@H](c4ccccc4)c4c(O)c(C=O)c(O)c(C=O)c4O3)[C@@H]1C2. The zero-order valence-corrected chi connectivity index (χ0v) is 17.2. The van der Waals surface area contributed by atoms with Gasteiger partial charge in [0.15, 0.2) is 12.6 Å².